The molecule has 0 radical (unpaired) electrons. The summed E-state index contributed by atoms with van der Waals surface area (Å²) in [5.41, 5.74) is 0.936. The average Bonchev–Trinajstić information content (AvgIpc) is 3.22. The van der Waals surface area contributed by atoms with Crippen LogP contribution in [0.1, 0.15) is 33.7 Å². The van der Waals surface area contributed by atoms with Crippen LogP contribution in [0.4, 0.5) is 4.39 Å². The summed E-state index contributed by atoms with van der Waals surface area (Å²) in [6, 6.07) is 7.79. The number of aromatic hydroxyl groups is 1. The van der Waals surface area contributed by atoms with Crippen LogP contribution in [-0.4, -0.2) is 48.4 Å². The molecule has 4 rings (SSSR count). The second-order valence-corrected chi connectivity index (χ2v) is 7.92. The molecule has 1 amide bonds. The zero-order valence-corrected chi connectivity index (χ0v) is 18.5. The van der Waals surface area contributed by atoms with E-state index in [0.29, 0.717) is 24.2 Å². The molecule has 0 saturated carbocycles. The van der Waals surface area contributed by atoms with E-state index in [1.165, 1.54) is 16.7 Å². The highest BCUT2D eigenvalue weighted by molar-refractivity contribution is 6.01. The number of pyridine rings is 2. The van der Waals surface area contributed by atoms with Gasteiger partial charge in [0.15, 0.2) is 5.75 Å². The van der Waals surface area contributed by atoms with Gasteiger partial charge in [-0.1, -0.05) is 12.1 Å². The lowest BCUT2D eigenvalue weighted by Crippen LogP contribution is -2.34. The number of hydrogen-bond acceptors (Lipinski definition) is 6. The number of imidazole rings is 1. The second kappa shape index (κ2) is 9.84. The first-order valence-corrected chi connectivity index (χ1v) is 10.7. The van der Waals surface area contributed by atoms with Crippen molar-refractivity contribution in [2.75, 3.05) is 13.2 Å². The first-order chi connectivity index (χ1) is 16.4. The van der Waals surface area contributed by atoms with E-state index in [-0.39, 0.29) is 31.0 Å². The standard InChI is InChI=1S/C24H24FN5O4/c1-29-9-8-26-19(29)14-30-18-12-16(11-15-3-5-17(25)6-4-15)13-28-21(18)22(32)20(24(30)34)23(33)27-7-2-10-31/h3-6,8-9,12-13,31-32H,2,7,10-11,14H2,1H3,(H,27,33). The maximum absolute atomic E-state index is 13.4. The van der Waals surface area contributed by atoms with E-state index in [1.54, 1.807) is 48.4 Å². The zero-order chi connectivity index (χ0) is 24.2. The summed E-state index contributed by atoms with van der Waals surface area (Å²) < 4.78 is 16.4. The normalized spacial score (nSPS) is 11.1. The quantitative estimate of drug-likeness (QED) is 0.341. The number of aliphatic hydroxyl groups excluding tert-OH is 1. The van der Waals surface area contributed by atoms with E-state index >= 15 is 0 Å². The Labute approximate surface area is 194 Å². The monoisotopic (exact) mass is 465 g/mol. The first-order valence-electron chi connectivity index (χ1n) is 10.7. The molecule has 3 heterocycles. The molecule has 9 nitrogen and oxygen atoms in total. The fourth-order valence-electron chi connectivity index (χ4n) is 3.70. The third-order valence-corrected chi connectivity index (χ3v) is 5.52. The van der Waals surface area contributed by atoms with Gasteiger partial charge in [-0.05, 0) is 42.2 Å². The highest BCUT2D eigenvalue weighted by Crippen LogP contribution is 2.26. The average molecular weight is 465 g/mol. The third-order valence-electron chi connectivity index (χ3n) is 5.52. The minimum Gasteiger partial charge on any atom is -0.505 e. The van der Waals surface area contributed by atoms with Gasteiger partial charge < -0.3 is 20.1 Å². The van der Waals surface area contributed by atoms with Crippen molar-refractivity contribution in [3.63, 3.8) is 0 Å². The van der Waals surface area contributed by atoms with Crippen LogP contribution < -0.4 is 10.9 Å². The predicted octanol–water partition coefficient (Wildman–Crippen LogP) is 1.73. The number of carbonyl (C=O) groups is 1. The third kappa shape index (κ3) is 4.67. The number of fused-ring (bicyclic) bond motifs is 1. The van der Waals surface area contributed by atoms with Gasteiger partial charge in [-0.25, -0.2) is 9.37 Å². The number of carbonyl (C=O) groups excluding carboxylic acids is 1. The number of aliphatic hydroxyl groups is 1. The maximum atomic E-state index is 13.4. The summed E-state index contributed by atoms with van der Waals surface area (Å²) in [4.78, 5) is 34.8. The summed E-state index contributed by atoms with van der Waals surface area (Å²) >= 11 is 0. The van der Waals surface area contributed by atoms with Crippen LogP contribution in [-0.2, 0) is 20.0 Å². The number of nitrogens with zero attached hydrogens (tertiary/aromatic N) is 4. The van der Waals surface area contributed by atoms with Gasteiger partial charge in [0, 0.05) is 38.8 Å². The first kappa shape index (κ1) is 23.1. The smallest absolute Gasteiger partial charge is 0.268 e. The van der Waals surface area contributed by atoms with E-state index in [2.05, 4.69) is 15.3 Å². The van der Waals surface area contributed by atoms with Crippen LogP contribution in [0, 0.1) is 5.82 Å². The number of hydrogen-bond donors (Lipinski definition) is 3. The van der Waals surface area contributed by atoms with E-state index in [0.717, 1.165) is 11.1 Å². The molecular formula is C24H24FN5O4. The fraction of sp³-hybridized carbons (Fsp3) is 0.250. The molecule has 0 fully saturated rings. The molecule has 0 aliphatic carbocycles. The lowest BCUT2D eigenvalue weighted by atomic mass is 10.1. The van der Waals surface area contributed by atoms with E-state index < -0.39 is 22.8 Å². The number of halogens is 1. The Kier molecular flexibility index (Phi) is 6.69. The molecule has 0 atom stereocenters. The van der Waals surface area contributed by atoms with E-state index in [1.807, 2.05) is 0 Å². The van der Waals surface area contributed by atoms with Gasteiger partial charge in [0.2, 0.25) is 0 Å². The SMILES string of the molecule is Cn1ccnc1Cn1c(=O)c(C(=O)NCCCO)c(O)c2ncc(Cc3ccc(F)cc3)cc21. The molecule has 10 heteroatoms. The van der Waals surface area contributed by atoms with Crippen LogP contribution in [0.5, 0.6) is 5.75 Å². The summed E-state index contributed by atoms with van der Waals surface area (Å²) in [6.45, 7) is 0.0825. The number of nitrogens with one attached hydrogen (secondary N) is 1. The van der Waals surface area contributed by atoms with Crippen molar-refractivity contribution < 1.29 is 19.4 Å². The summed E-state index contributed by atoms with van der Waals surface area (Å²) in [7, 11) is 1.79. The number of aryl methyl sites for hydroxylation is 1. The van der Waals surface area contributed by atoms with Crippen LogP contribution in [0.3, 0.4) is 0 Å². The van der Waals surface area contributed by atoms with Crippen molar-refractivity contribution in [1.82, 2.24) is 24.4 Å². The second-order valence-electron chi connectivity index (χ2n) is 7.92. The highest BCUT2D eigenvalue weighted by Gasteiger charge is 2.24. The lowest BCUT2D eigenvalue weighted by molar-refractivity contribution is 0.0946. The van der Waals surface area contributed by atoms with Crippen molar-refractivity contribution in [3.05, 3.63) is 87.6 Å². The molecule has 3 N–H and O–H groups in total. The molecule has 4 aromatic rings. The number of rotatable bonds is 8. The maximum Gasteiger partial charge on any atom is 0.268 e. The van der Waals surface area contributed by atoms with Crippen molar-refractivity contribution in [2.24, 2.45) is 7.05 Å². The Balaban J connectivity index is 1.84. The topological polar surface area (TPSA) is 122 Å². The Morgan fingerprint density at radius 2 is 1.94 bits per heavy atom. The summed E-state index contributed by atoms with van der Waals surface area (Å²) in [5.74, 6) is -1.02. The molecule has 0 unspecified atom stereocenters. The Morgan fingerprint density at radius 3 is 2.62 bits per heavy atom. The molecule has 0 aliphatic rings. The Bertz CT molecular complexity index is 1400. The van der Waals surface area contributed by atoms with Crippen LogP contribution in [0.15, 0.2) is 53.7 Å². The van der Waals surface area contributed by atoms with Crippen LogP contribution in [0.25, 0.3) is 11.0 Å². The summed E-state index contributed by atoms with van der Waals surface area (Å²) in [5, 5.41) is 22.3. The lowest BCUT2D eigenvalue weighted by Gasteiger charge is -2.15. The molecule has 0 aliphatic heterocycles. The number of benzene rings is 1. The molecule has 34 heavy (non-hydrogen) atoms. The highest BCUT2D eigenvalue weighted by atomic mass is 19.1. The Hall–Kier alpha value is -4.05. The van der Waals surface area contributed by atoms with Gasteiger partial charge in [-0.3, -0.25) is 19.1 Å². The Morgan fingerprint density at radius 1 is 1.18 bits per heavy atom. The van der Waals surface area contributed by atoms with E-state index in [4.69, 9.17) is 5.11 Å². The largest absolute Gasteiger partial charge is 0.505 e. The van der Waals surface area contributed by atoms with Crippen molar-refractivity contribution in [3.8, 4) is 5.75 Å². The van der Waals surface area contributed by atoms with Gasteiger partial charge in [0.05, 0.1) is 12.1 Å². The van der Waals surface area contributed by atoms with Crippen molar-refractivity contribution >= 4 is 16.9 Å². The van der Waals surface area contributed by atoms with Crippen LogP contribution >= 0.6 is 0 Å². The fourth-order valence-corrected chi connectivity index (χ4v) is 3.70. The van der Waals surface area contributed by atoms with Gasteiger partial charge in [-0.15, -0.1) is 0 Å². The molecule has 1 aromatic carbocycles. The number of aromatic nitrogens is 4. The number of amides is 1. The molecule has 0 bridgehead atoms. The summed E-state index contributed by atoms with van der Waals surface area (Å²) in [6.07, 6.45) is 5.64. The van der Waals surface area contributed by atoms with Gasteiger partial charge in [-0.2, -0.15) is 0 Å². The zero-order valence-electron chi connectivity index (χ0n) is 18.5. The molecule has 3 aromatic heterocycles. The van der Waals surface area contributed by atoms with E-state index in [9.17, 15) is 19.1 Å². The van der Waals surface area contributed by atoms with Gasteiger partial charge in [0.25, 0.3) is 11.5 Å². The van der Waals surface area contributed by atoms with Crippen LogP contribution in [0.2, 0.25) is 0 Å². The van der Waals surface area contributed by atoms with Gasteiger partial charge >= 0.3 is 0 Å². The van der Waals surface area contributed by atoms with Crippen molar-refractivity contribution in [1.29, 1.82) is 0 Å². The molecule has 0 spiro atoms. The molecule has 0 saturated heterocycles. The molecular weight excluding hydrogens is 441 g/mol. The molecule has 176 valence electrons. The predicted molar refractivity (Wildman–Crippen MR) is 123 cm³/mol. The minimum atomic E-state index is -0.747. The minimum absolute atomic E-state index is 0.0533. The van der Waals surface area contributed by atoms with Crippen molar-refractivity contribution in [2.45, 2.75) is 19.4 Å². The van der Waals surface area contributed by atoms with Gasteiger partial charge in [0.1, 0.15) is 22.7 Å².